The van der Waals surface area contributed by atoms with Gasteiger partial charge in [0, 0.05) is 18.3 Å². The summed E-state index contributed by atoms with van der Waals surface area (Å²) in [4.78, 5) is 0. The molecule has 0 saturated carbocycles. The van der Waals surface area contributed by atoms with E-state index in [9.17, 15) is 8.42 Å². The molecule has 0 amide bonds. The molecule has 1 unspecified atom stereocenters. The second-order valence-electron chi connectivity index (χ2n) is 6.66. The molecule has 1 N–H and O–H groups in total. The topological polar surface area (TPSA) is 46.2 Å². The Morgan fingerprint density at radius 1 is 1.25 bits per heavy atom. The summed E-state index contributed by atoms with van der Waals surface area (Å²) in [6.45, 7) is 9.22. The van der Waals surface area contributed by atoms with Crippen molar-refractivity contribution in [2.45, 2.75) is 45.6 Å². The molecule has 1 aromatic carbocycles. The van der Waals surface area contributed by atoms with E-state index >= 15 is 0 Å². The van der Waals surface area contributed by atoms with Gasteiger partial charge < -0.3 is 5.32 Å². The molecule has 0 aliphatic rings. The van der Waals surface area contributed by atoms with Gasteiger partial charge in [0.2, 0.25) is 0 Å². The molecule has 0 aliphatic carbocycles. The van der Waals surface area contributed by atoms with E-state index in [2.05, 4.69) is 51.2 Å². The second kappa shape index (κ2) is 6.72. The van der Waals surface area contributed by atoms with Crippen LogP contribution >= 0.6 is 0 Å². The van der Waals surface area contributed by atoms with Gasteiger partial charge in [-0.2, -0.15) is 0 Å². The number of aryl methyl sites for hydroxylation is 1. The Balaban J connectivity index is 2.83. The van der Waals surface area contributed by atoms with Gasteiger partial charge >= 0.3 is 0 Å². The van der Waals surface area contributed by atoms with E-state index in [4.69, 9.17) is 0 Å². The molecule has 0 spiro atoms. The molecule has 1 aromatic rings. The van der Waals surface area contributed by atoms with Gasteiger partial charge in [-0.3, -0.25) is 0 Å². The molecule has 114 valence electrons. The number of hydrogen-bond donors (Lipinski definition) is 1. The van der Waals surface area contributed by atoms with Crippen LogP contribution in [-0.2, 0) is 9.84 Å². The fourth-order valence-corrected chi connectivity index (χ4v) is 2.81. The summed E-state index contributed by atoms with van der Waals surface area (Å²) in [5.74, 6) is 0.459. The summed E-state index contributed by atoms with van der Waals surface area (Å²) in [5.41, 5.74) is 2.46. The second-order valence-corrected chi connectivity index (χ2v) is 8.92. The lowest BCUT2D eigenvalue weighted by molar-refractivity contribution is 0.403. The molecule has 0 heterocycles. The molecule has 0 aromatic heterocycles. The number of hydrogen-bond acceptors (Lipinski definition) is 3. The van der Waals surface area contributed by atoms with Crippen LogP contribution in [0.15, 0.2) is 24.3 Å². The Bertz CT molecular complexity index is 530. The van der Waals surface area contributed by atoms with E-state index in [0.29, 0.717) is 6.42 Å². The zero-order valence-corrected chi connectivity index (χ0v) is 14.0. The van der Waals surface area contributed by atoms with Crippen LogP contribution in [0.5, 0.6) is 0 Å². The number of rotatable bonds is 6. The summed E-state index contributed by atoms with van der Waals surface area (Å²) >= 11 is 0. The predicted molar refractivity (Wildman–Crippen MR) is 86.0 cm³/mol. The minimum Gasteiger partial charge on any atom is -0.311 e. The van der Waals surface area contributed by atoms with E-state index in [-0.39, 0.29) is 17.2 Å². The van der Waals surface area contributed by atoms with Crippen molar-refractivity contribution in [1.82, 2.24) is 5.32 Å². The summed E-state index contributed by atoms with van der Waals surface area (Å²) in [6, 6.07) is 8.34. The zero-order chi connectivity index (χ0) is 15.4. The summed E-state index contributed by atoms with van der Waals surface area (Å²) in [6.07, 6.45) is 1.96. The Morgan fingerprint density at radius 3 is 2.40 bits per heavy atom. The normalized spacial score (nSPS) is 14.2. The van der Waals surface area contributed by atoms with Crippen molar-refractivity contribution >= 4 is 9.84 Å². The minimum absolute atomic E-state index is 0.0349. The third-order valence-corrected chi connectivity index (χ3v) is 4.21. The van der Waals surface area contributed by atoms with E-state index in [0.717, 1.165) is 6.54 Å². The van der Waals surface area contributed by atoms with Crippen LogP contribution in [0, 0.1) is 6.92 Å². The van der Waals surface area contributed by atoms with Crippen molar-refractivity contribution in [1.29, 1.82) is 0 Å². The third-order valence-electron chi connectivity index (χ3n) is 3.23. The fourth-order valence-electron chi connectivity index (χ4n) is 2.10. The standard InChI is InChI=1S/C16H27NO2S/c1-13-7-6-8-14(11-13)15(9-10-20(5,18)19)12-17-16(2,3)4/h6-8,11,15,17H,9-10,12H2,1-5H3. The smallest absolute Gasteiger partial charge is 0.147 e. The Hall–Kier alpha value is -0.870. The van der Waals surface area contributed by atoms with Gasteiger partial charge in [0.05, 0.1) is 5.75 Å². The maximum Gasteiger partial charge on any atom is 0.147 e. The highest BCUT2D eigenvalue weighted by molar-refractivity contribution is 7.90. The van der Waals surface area contributed by atoms with Gasteiger partial charge in [0.25, 0.3) is 0 Å². The van der Waals surface area contributed by atoms with Crippen molar-refractivity contribution < 1.29 is 8.42 Å². The number of nitrogens with one attached hydrogen (secondary N) is 1. The maximum atomic E-state index is 11.4. The molecule has 1 rings (SSSR count). The van der Waals surface area contributed by atoms with Gasteiger partial charge in [-0.25, -0.2) is 8.42 Å². The molecule has 3 nitrogen and oxygen atoms in total. The van der Waals surface area contributed by atoms with Crippen LogP contribution in [-0.4, -0.2) is 32.5 Å². The molecular weight excluding hydrogens is 270 g/mol. The van der Waals surface area contributed by atoms with E-state index in [1.54, 1.807) is 0 Å². The van der Waals surface area contributed by atoms with Crippen molar-refractivity contribution in [2.24, 2.45) is 0 Å². The quantitative estimate of drug-likeness (QED) is 0.878. The molecule has 4 heteroatoms. The zero-order valence-electron chi connectivity index (χ0n) is 13.2. The first-order valence-electron chi connectivity index (χ1n) is 7.06. The van der Waals surface area contributed by atoms with Crippen LogP contribution in [0.3, 0.4) is 0 Å². The first-order valence-corrected chi connectivity index (χ1v) is 9.12. The van der Waals surface area contributed by atoms with E-state index in [1.165, 1.54) is 17.4 Å². The predicted octanol–water partition coefficient (Wildman–Crippen LogP) is 2.90. The highest BCUT2D eigenvalue weighted by Crippen LogP contribution is 2.21. The minimum atomic E-state index is -2.92. The number of benzene rings is 1. The first kappa shape index (κ1) is 17.2. The molecule has 0 fully saturated rings. The largest absolute Gasteiger partial charge is 0.311 e. The van der Waals surface area contributed by atoms with Gasteiger partial charge in [-0.15, -0.1) is 0 Å². The highest BCUT2D eigenvalue weighted by Gasteiger charge is 2.18. The fraction of sp³-hybridized carbons (Fsp3) is 0.625. The van der Waals surface area contributed by atoms with E-state index < -0.39 is 9.84 Å². The van der Waals surface area contributed by atoms with Crippen molar-refractivity contribution in [2.75, 3.05) is 18.6 Å². The van der Waals surface area contributed by atoms with Crippen LogP contribution in [0.25, 0.3) is 0 Å². The molecule has 20 heavy (non-hydrogen) atoms. The van der Waals surface area contributed by atoms with Gasteiger partial charge in [-0.1, -0.05) is 29.8 Å². The SMILES string of the molecule is Cc1cccc(C(CCS(C)(=O)=O)CNC(C)(C)C)c1. The van der Waals surface area contributed by atoms with Crippen molar-refractivity contribution in [3.8, 4) is 0 Å². The highest BCUT2D eigenvalue weighted by atomic mass is 32.2. The number of sulfone groups is 1. The third kappa shape index (κ3) is 7.06. The molecule has 0 bridgehead atoms. The van der Waals surface area contributed by atoms with Gasteiger partial charge in [0.1, 0.15) is 9.84 Å². The van der Waals surface area contributed by atoms with E-state index in [1.807, 2.05) is 6.07 Å². The average molecular weight is 297 g/mol. The lowest BCUT2D eigenvalue weighted by Crippen LogP contribution is -2.38. The molecule has 0 aliphatic heterocycles. The monoisotopic (exact) mass is 297 g/mol. The summed E-state index contributed by atoms with van der Waals surface area (Å²) < 4.78 is 22.8. The Kier molecular flexibility index (Phi) is 5.78. The van der Waals surface area contributed by atoms with Crippen LogP contribution < -0.4 is 5.32 Å². The van der Waals surface area contributed by atoms with Crippen molar-refractivity contribution in [3.63, 3.8) is 0 Å². The molecular formula is C16H27NO2S. The summed E-state index contributed by atoms with van der Waals surface area (Å²) in [5, 5.41) is 3.48. The molecule has 1 atom stereocenters. The Morgan fingerprint density at radius 2 is 1.90 bits per heavy atom. The summed E-state index contributed by atoms with van der Waals surface area (Å²) in [7, 11) is -2.92. The first-order chi connectivity index (χ1) is 9.07. The lowest BCUT2D eigenvalue weighted by Gasteiger charge is -2.25. The van der Waals surface area contributed by atoms with Crippen LogP contribution in [0.1, 0.15) is 44.2 Å². The Labute approximate surface area is 123 Å². The van der Waals surface area contributed by atoms with Crippen LogP contribution in [0.2, 0.25) is 0 Å². The van der Waals surface area contributed by atoms with Crippen molar-refractivity contribution in [3.05, 3.63) is 35.4 Å². The van der Waals surface area contributed by atoms with Gasteiger partial charge in [0.15, 0.2) is 0 Å². The van der Waals surface area contributed by atoms with Gasteiger partial charge in [-0.05, 0) is 45.6 Å². The lowest BCUT2D eigenvalue weighted by atomic mass is 9.94. The van der Waals surface area contributed by atoms with Crippen LogP contribution in [0.4, 0.5) is 0 Å². The maximum absolute atomic E-state index is 11.4. The molecule has 0 radical (unpaired) electrons. The average Bonchev–Trinajstić information content (AvgIpc) is 2.26. The molecule has 0 saturated heterocycles.